The number of amidine groups is 1. The molecule has 0 saturated carbocycles. The molecule has 1 spiro atoms. The second-order valence-electron chi connectivity index (χ2n) is 7.36. The molecule has 0 aliphatic carbocycles. The third-order valence-corrected chi connectivity index (χ3v) is 5.49. The fraction of sp³-hybridized carbons (Fsp3) is 0.381. The third kappa shape index (κ3) is 3.75. The maximum Gasteiger partial charge on any atom is 0.127 e. The summed E-state index contributed by atoms with van der Waals surface area (Å²) in [4.78, 5) is 7.06. The Labute approximate surface area is 165 Å². The molecule has 2 aromatic carbocycles. The van der Waals surface area contributed by atoms with E-state index in [1.165, 1.54) is 5.69 Å². The van der Waals surface area contributed by atoms with Crippen LogP contribution >= 0.6 is 11.6 Å². The summed E-state index contributed by atoms with van der Waals surface area (Å²) >= 11 is 6.12. The van der Waals surface area contributed by atoms with Gasteiger partial charge in [0.15, 0.2) is 0 Å². The lowest BCUT2D eigenvalue weighted by Gasteiger charge is -2.44. The molecule has 0 aromatic heterocycles. The molecular formula is C21H25ClN4O. The Kier molecular flexibility index (Phi) is 4.98. The molecule has 5 nitrogen and oxygen atoms in total. The molecule has 2 N–H and O–H groups in total. The van der Waals surface area contributed by atoms with E-state index >= 15 is 0 Å². The van der Waals surface area contributed by atoms with E-state index in [0.29, 0.717) is 6.54 Å². The van der Waals surface area contributed by atoms with E-state index in [9.17, 15) is 0 Å². The second-order valence-corrected chi connectivity index (χ2v) is 7.80. The highest BCUT2D eigenvalue weighted by Crippen LogP contribution is 2.38. The molecule has 1 saturated heterocycles. The Morgan fingerprint density at radius 1 is 1.11 bits per heavy atom. The first-order valence-electron chi connectivity index (χ1n) is 9.29. The first-order valence-corrected chi connectivity index (χ1v) is 9.67. The SMILES string of the molecule is CN(C)c1ccc2c(c1)NC1(CCOCC1)C(=NCc1cccc(Cl)c1)N2. The van der Waals surface area contributed by atoms with E-state index in [-0.39, 0.29) is 5.54 Å². The highest BCUT2D eigenvalue weighted by atomic mass is 35.5. The van der Waals surface area contributed by atoms with Crippen LogP contribution in [0.2, 0.25) is 5.02 Å². The van der Waals surface area contributed by atoms with E-state index in [4.69, 9.17) is 21.3 Å². The van der Waals surface area contributed by atoms with Crippen molar-refractivity contribution in [3.05, 3.63) is 53.1 Å². The molecule has 2 aromatic rings. The van der Waals surface area contributed by atoms with Crippen molar-refractivity contribution in [3.8, 4) is 0 Å². The van der Waals surface area contributed by atoms with Gasteiger partial charge < -0.3 is 20.3 Å². The summed E-state index contributed by atoms with van der Waals surface area (Å²) in [5.41, 5.74) is 4.24. The number of nitrogens with zero attached hydrogens (tertiary/aromatic N) is 2. The molecule has 0 unspecified atom stereocenters. The van der Waals surface area contributed by atoms with Crippen molar-refractivity contribution in [1.29, 1.82) is 0 Å². The average Bonchev–Trinajstić information content (AvgIpc) is 2.66. The van der Waals surface area contributed by atoms with Crippen molar-refractivity contribution in [2.24, 2.45) is 4.99 Å². The highest BCUT2D eigenvalue weighted by Gasteiger charge is 2.41. The number of benzene rings is 2. The number of hydrogen-bond donors (Lipinski definition) is 2. The zero-order valence-corrected chi connectivity index (χ0v) is 16.5. The van der Waals surface area contributed by atoms with Crippen LogP contribution in [0, 0.1) is 0 Å². The fourth-order valence-electron chi connectivity index (χ4n) is 3.67. The van der Waals surface area contributed by atoms with E-state index in [2.05, 4.69) is 53.9 Å². The topological polar surface area (TPSA) is 48.9 Å². The van der Waals surface area contributed by atoms with Gasteiger partial charge in [0, 0.05) is 50.9 Å². The maximum atomic E-state index is 6.12. The number of nitrogens with one attached hydrogen (secondary N) is 2. The van der Waals surface area contributed by atoms with Gasteiger partial charge in [0.05, 0.1) is 23.5 Å². The van der Waals surface area contributed by atoms with Gasteiger partial charge in [-0.2, -0.15) is 0 Å². The molecule has 0 amide bonds. The van der Waals surface area contributed by atoms with Crippen molar-refractivity contribution >= 4 is 34.5 Å². The van der Waals surface area contributed by atoms with Gasteiger partial charge in [-0.3, -0.25) is 4.99 Å². The fourth-order valence-corrected chi connectivity index (χ4v) is 3.88. The summed E-state index contributed by atoms with van der Waals surface area (Å²) in [6, 6.07) is 14.3. The van der Waals surface area contributed by atoms with Crippen LogP contribution in [0.25, 0.3) is 0 Å². The molecule has 0 atom stereocenters. The number of ether oxygens (including phenoxy) is 1. The van der Waals surface area contributed by atoms with Crippen molar-refractivity contribution in [1.82, 2.24) is 0 Å². The maximum absolute atomic E-state index is 6.12. The number of halogens is 1. The Bertz CT molecular complexity index is 859. The molecule has 2 heterocycles. The number of hydrogen-bond acceptors (Lipinski definition) is 4. The molecule has 0 bridgehead atoms. The molecule has 142 valence electrons. The quantitative estimate of drug-likeness (QED) is 0.823. The Hall–Kier alpha value is -2.24. The molecule has 27 heavy (non-hydrogen) atoms. The second kappa shape index (κ2) is 7.41. The normalized spacial score (nSPS) is 19.3. The summed E-state index contributed by atoms with van der Waals surface area (Å²) < 4.78 is 5.63. The third-order valence-electron chi connectivity index (χ3n) is 5.25. The smallest absolute Gasteiger partial charge is 0.127 e. The Morgan fingerprint density at radius 2 is 1.93 bits per heavy atom. The van der Waals surface area contributed by atoms with Gasteiger partial charge in [0.2, 0.25) is 0 Å². The van der Waals surface area contributed by atoms with Crippen LogP contribution < -0.4 is 15.5 Å². The van der Waals surface area contributed by atoms with Gasteiger partial charge in [-0.1, -0.05) is 23.7 Å². The van der Waals surface area contributed by atoms with Gasteiger partial charge in [-0.25, -0.2) is 0 Å². The predicted molar refractivity (Wildman–Crippen MR) is 113 cm³/mol. The molecular weight excluding hydrogens is 360 g/mol. The van der Waals surface area contributed by atoms with Crippen molar-refractivity contribution in [2.45, 2.75) is 24.9 Å². The first-order chi connectivity index (χ1) is 13.1. The minimum atomic E-state index is -0.214. The van der Waals surface area contributed by atoms with Crippen LogP contribution in [-0.4, -0.2) is 38.7 Å². The van der Waals surface area contributed by atoms with Crippen LogP contribution in [0.15, 0.2) is 47.5 Å². The zero-order chi connectivity index (χ0) is 18.9. The van der Waals surface area contributed by atoms with Gasteiger partial charge in [0.25, 0.3) is 0 Å². The number of aliphatic imine (C=N–C) groups is 1. The van der Waals surface area contributed by atoms with E-state index in [0.717, 1.165) is 53.9 Å². The molecule has 1 fully saturated rings. The van der Waals surface area contributed by atoms with Crippen LogP contribution in [0.5, 0.6) is 0 Å². The summed E-state index contributed by atoms with van der Waals surface area (Å²) in [7, 11) is 4.11. The summed E-state index contributed by atoms with van der Waals surface area (Å²) in [6.07, 6.45) is 1.78. The van der Waals surface area contributed by atoms with Crippen LogP contribution in [-0.2, 0) is 11.3 Å². The van der Waals surface area contributed by atoms with Crippen LogP contribution in [0.3, 0.4) is 0 Å². The Morgan fingerprint density at radius 3 is 2.67 bits per heavy atom. The van der Waals surface area contributed by atoms with E-state index in [1.54, 1.807) is 0 Å². The summed E-state index contributed by atoms with van der Waals surface area (Å²) in [5, 5.41) is 8.11. The van der Waals surface area contributed by atoms with Gasteiger partial charge in [-0.05, 0) is 35.9 Å². The zero-order valence-electron chi connectivity index (χ0n) is 15.8. The van der Waals surface area contributed by atoms with Crippen molar-refractivity contribution in [2.75, 3.05) is 42.8 Å². The van der Waals surface area contributed by atoms with Gasteiger partial charge >= 0.3 is 0 Å². The molecule has 0 radical (unpaired) electrons. The Balaban J connectivity index is 1.67. The molecule has 6 heteroatoms. The minimum absolute atomic E-state index is 0.214. The molecule has 2 aliphatic rings. The van der Waals surface area contributed by atoms with E-state index < -0.39 is 0 Å². The standard InChI is InChI=1S/C21H25ClN4O/c1-26(2)17-6-7-18-19(13-17)25-21(8-10-27-11-9-21)20(24-18)23-14-15-4-3-5-16(22)12-15/h3-7,12-13,25H,8-11,14H2,1-2H3,(H,23,24). The number of rotatable bonds is 3. The van der Waals surface area contributed by atoms with E-state index in [1.807, 2.05) is 18.2 Å². The van der Waals surface area contributed by atoms with Gasteiger partial charge in [-0.15, -0.1) is 0 Å². The summed E-state index contributed by atoms with van der Waals surface area (Å²) in [5.74, 6) is 0.982. The average molecular weight is 385 g/mol. The lowest BCUT2D eigenvalue weighted by Crippen LogP contribution is -2.55. The highest BCUT2D eigenvalue weighted by molar-refractivity contribution is 6.30. The number of fused-ring (bicyclic) bond motifs is 1. The summed E-state index contributed by atoms with van der Waals surface area (Å²) in [6.45, 7) is 2.05. The van der Waals surface area contributed by atoms with Crippen LogP contribution in [0.1, 0.15) is 18.4 Å². The van der Waals surface area contributed by atoms with Crippen molar-refractivity contribution in [3.63, 3.8) is 0 Å². The first kappa shape index (κ1) is 18.1. The lowest BCUT2D eigenvalue weighted by molar-refractivity contribution is 0.0778. The molecule has 4 rings (SSSR count). The van der Waals surface area contributed by atoms with Gasteiger partial charge in [0.1, 0.15) is 5.84 Å². The monoisotopic (exact) mass is 384 g/mol. The minimum Gasteiger partial charge on any atom is -0.381 e. The van der Waals surface area contributed by atoms with Crippen LogP contribution in [0.4, 0.5) is 17.1 Å². The lowest BCUT2D eigenvalue weighted by atomic mass is 9.86. The number of anilines is 3. The molecule has 2 aliphatic heterocycles. The largest absolute Gasteiger partial charge is 0.381 e. The van der Waals surface area contributed by atoms with Crippen molar-refractivity contribution < 1.29 is 4.74 Å². The predicted octanol–water partition coefficient (Wildman–Crippen LogP) is 4.39.